The monoisotopic (exact) mass is 646 g/mol. The maximum absolute atomic E-state index is 6.51. The number of benzene rings is 6. The maximum Gasteiger partial charge on any atom is 0.161 e. The Bertz CT molecular complexity index is 2620. The van der Waals surface area contributed by atoms with Crippen molar-refractivity contribution in [1.82, 2.24) is 9.97 Å². The molecule has 0 saturated heterocycles. The minimum absolute atomic E-state index is 0.437. The van der Waals surface area contributed by atoms with E-state index in [1.807, 2.05) is 109 Å². The van der Waals surface area contributed by atoms with Gasteiger partial charge in [-0.15, -0.1) is 0 Å². The van der Waals surface area contributed by atoms with Crippen molar-refractivity contribution in [3.63, 3.8) is 0 Å². The number of hydrogen-bond acceptors (Lipinski definition) is 5. The Kier molecular flexibility index (Phi) is 7.25. The highest BCUT2D eigenvalue weighted by Crippen LogP contribution is 2.39. The number of aliphatic imine (C=N–C) groups is 1. The summed E-state index contributed by atoms with van der Waals surface area (Å²) in [5.74, 6) is 1.81. The molecule has 3 aromatic heterocycles. The van der Waals surface area contributed by atoms with Crippen LogP contribution in [-0.2, 0) is 6.42 Å². The van der Waals surface area contributed by atoms with Crippen LogP contribution in [-0.4, -0.2) is 15.8 Å². The summed E-state index contributed by atoms with van der Waals surface area (Å²) in [6.45, 7) is 0. The van der Waals surface area contributed by atoms with Crippen molar-refractivity contribution in [2.75, 3.05) is 0 Å². The van der Waals surface area contributed by atoms with Gasteiger partial charge in [0.2, 0.25) is 0 Å². The molecule has 0 saturated carbocycles. The van der Waals surface area contributed by atoms with E-state index in [-0.39, 0.29) is 0 Å². The van der Waals surface area contributed by atoms with Crippen LogP contribution in [0.25, 0.3) is 66.8 Å². The van der Waals surface area contributed by atoms with Crippen LogP contribution >= 0.6 is 0 Å². The van der Waals surface area contributed by atoms with E-state index in [9.17, 15) is 0 Å². The number of nitrogens with two attached hydrogens (primary N) is 1. The molecule has 0 fully saturated rings. The first-order valence-corrected chi connectivity index (χ1v) is 16.5. The Hall–Kier alpha value is -6.79. The molecule has 6 nitrogen and oxygen atoms in total. The molecule has 3 heterocycles. The molecule has 238 valence electrons. The number of amidine groups is 1. The van der Waals surface area contributed by atoms with Crippen molar-refractivity contribution in [3.05, 3.63) is 175 Å². The number of furan rings is 2. The smallest absolute Gasteiger partial charge is 0.161 e. The van der Waals surface area contributed by atoms with Gasteiger partial charge in [-0.2, -0.15) is 0 Å². The summed E-state index contributed by atoms with van der Waals surface area (Å²) in [6, 6.07) is 52.5. The Morgan fingerprint density at radius 3 is 1.90 bits per heavy atom. The van der Waals surface area contributed by atoms with Crippen molar-refractivity contribution in [2.24, 2.45) is 10.7 Å². The molecule has 0 bridgehead atoms. The van der Waals surface area contributed by atoms with Gasteiger partial charge in [0.25, 0.3) is 0 Å². The van der Waals surface area contributed by atoms with Crippen LogP contribution in [0.4, 0.5) is 5.69 Å². The third kappa shape index (κ3) is 5.39. The van der Waals surface area contributed by atoms with Crippen LogP contribution in [0, 0.1) is 0 Å². The molecule has 2 N–H and O–H groups in total. The first kappa shape index (κ1) is 29.4. The lowest BCUT2D eigenvalue weighted by atomic mass is 10.0. The van der Waals surface area contributed by atoms with E-state index < -0.39 is 0 Å². The quantitative estimate of drug-likeness (QED) is 0.137. The summed E-state index contributed by atoms with van der Waals surface area (Å²) >= 11 is 0. The minimum atomic E-state index is 0.437. The highest BCUT2D eigenvalue weighted by Gasteiger charge is 2.19. The number of nitrogens with zero attached hydrogens (tertiary/aromatic N) is 3. The van der Waals surface area contributed by atoms with Crippen LogP contribution < -0.4 is 5.73 Å². The van der Waals surface area contributed by atoms with Crippen LogP contribution in [0.1, 0.15) is 16.9 Å². The summed E-state index contributed by atoms with van der Waals surface area (Å²) < 4.78 is 12.8. The lowest BCUT2D eigenvalue weighted by Crippen LogP contribution is -2.12. The molecule has 0 radical (unpaired) electrons. The van der Waals surface area contributed by atoms with Gasteiger partial charge in [0.15, 0.2) is 5.82 Å². The second kappa shape index (κ2) is 12.3. The van der Waals surface area contributed by atoms with E-state index in [2.05, 4.69) is 48.5 Å². The van der Waals surface area contributed by atoms with Gasteiger partial charge >= 0.3 is 0 Å². The predicted molar refractivity (Wildman–Crippen MR) is 201 cm³/mol. The van der Waals surface area contributed by atoms with Crippen molar-refractivity contribution < 1.29 is 8.83 Å². The first-order chi connectivity index (χ1) is 24.7. The van der Waals surface area contributed by atoms with E-state index >= 15 is 0 Å². The summed E-state index contributed by atoms with van der Waals surface area (Å²) in [6.07, 6.45) is 0.512. The number of para-hydroxylation sites is 1. The molecule has 0 aliphatic rings. The molecular formula is C44H30N4O2. The van der Waals surface area contributed by atoms with Crippen molar-refractivity contribution in [1.29, 1.82) is 0 Å². The molecule has 50 heavy (non-hydrogen) atoms. The topological polar surface area (TPSA) is 90.4 Å². The zero-order valence-corrected chi connectivity index (χ0v) is 27.0. The number of fused-ring (bicyclic) bond motifs is 4. The fraction of sp³-hybridized carbons (Fsp3) is 0.0227. The lowest BCUT2D eigenvalue weighted by molar-refractivity contribution is 0.564. The largest absolute Gasteiger partial charge is 0.458 e. The van der Waals surface area contributed by atoms with Gasteiger partial charge in [0.05, 0.1) is 11.4 Å². The Balaban J connectivity index is 1.18. The van der Waals surface area contributed by atoms with Crippen LogP contribution in [0.5, 0.6) is 0 Å². The molecule has 0 spiro atoms. The van der Waals surface area contributed by atoms with Crippen LogP contribution in [0.3, 0.4) is 0 Å². The molecule has 9 aromatic rings. The van der Waals surface area contributed by atoms with Crippen LogP contribution in [0.15, 0.2) is 172 Å². The zero-order chi connectivity index (χ0) is 33.4. The van der Waals surface area contributed by atoms with Gasteiger partial charge in [0.1, 0.15) is 34.0 Å². The molecule has 9 rings (SSSR count). The standard InChI is InChI=1S/C44H30N4O2/c45-43(31-17-8-3-9-18-31)48-42-32-19-10-11-21-37(32)50-40(42)26-28-23-24-38-34(25-28)41-33(20-12-22-39(41)49-38)44-46-35(29-13-4-1-5-14-29)27-36(47-44)30-15-6-2-7-16-30/h1-25,27H,26H2,(H2,45,48). The van der Waals surface area contributed by atoms with Gasteiger partial charge in [-0.05, 0) is 42.0 Å². The molecule has 6 heteroatoms. The molecule has 0 atom stereocenters. The number of hydrogen-bond donors (Lipinski definition) is 1. The van der Waals surface area contributed by atoms with Gasteiger partial charge in [-0.25, -0.2) is 15.0 Å². The summed E-state index contributed by atoms with van der Waals surface area (Å²) in [5.41, 5.74) is 16.1. The second-order valence-electron chi connectivity index (χ2n) is 12.2. The average Bonchev–Trinajstić information content (AvgIpc) is 3.73. The molecule has 0 aliphatic heterocycles. The van der Waals surface area contributed by atoms with Gasteiger partial charge < -0.3 is 14.6 Å². The van der Waals surface area contributed by atoms with E-state index in [4.69, 9.17) is 29.5 Å². The highest BCUT2D eigenvalue weighted by molar-refractivity contribution is 6.12. The molecule has 0 amide bonds. The molecule has 0 unspecified atom stereocenters. The summed E-state index contributed by atoms with van der Waals surface area (Å²) in [7, 11) is 0. The predicted octanol–water partition coefficient (Wildman–Crippen LogP) is 10.8. The van der Waals surface area contributed by atoms with Gasteiger partial charge in [-0.1, -0.05) is 121 Å². The van der Waals surface area contributed by atoms with E-state index in [1.165, 1.54) is 0 Å². The number of aromatic nitrogens is 2. The number of rotatable bonds is 7. The lowest BCUT2D eigenvalue weighted by Gasteiger charge is -2.10. The molecule has 0 aliphatic carbocycles. The van der Waals surface area contributed by atoms with E-state index in [0.29, 0.717) is 18.1 Å². The summed E-state index contributed by atoms with van der Waals surface area (Å²) in [4.78, 5) is 15.1. The Labute approximate surface area is 288 Å². The molecular weight excluding hydrogens is 617 g/mol. The first-order valence-electron chi connectivity index (χ1n) is 16.5. The van der Waals surface area contributed by atoms with Crippen LogP contribution in [0.2, 0.25) is 0 Å². The van der Waals surface area contributed by atoms with Gasteiger partial charge in [0, 0.05) is 44.8 Å². The highest BCUT2D eigenvalue weighted by atomic mass is 16.3. The third-order valence-corrected chi connectivity index (χ3v) is 8.97. The minimum Gasteiger partial charge on any atom is -0.458 e. The third-order valence-electron chi connectivity index (χ3n) is 8.97. The SMILES string of the molecule is NC(=Nc1c(Cc2ccc3oc4cccc(-c5nc(-c6ccccc6)cc(-c6ccccc6)n5)c4c3c2)oc2ccccc12)c1ccccc1. The second-order valence-corrected chi connectivity index (χ2v) is 12.2. The van der Waals surface area contributed by atoms with Crippen molar-refractivity contribution >= 4 is 44.4 Å². The van der Waals surface area contributed by atoms with Gasteiger partial charge in [-0.3, -0.25) is 0 Å². The van der Waals surface area contributed by atoms with E-state index in [0.717, 1.165) is 83.6 Å². The zero-order valence-electron chi connectivity index (χ0n) is 27.0. The van der Waals surface area contributed by atoms with Crippen molar-refractivity contribution in [3.8, 4) is 33.9 Å². The maximum atomic E-state index is 6.51. The molecule has 6 aromatic carbocycles. The van der Waals surface area contributed by atoms with E-state index in [1.54, 1.807) is 0 Å². The fourth-order valence-electron chi connectivity index (χ4n) is 6.56. The summed E-state index contributed by atoms with van der Waals surface area (Å²) in [5, 5.41) is 2.86. The Morgan fingerprint density at radius 1 is 0.560 bits per heavy atom. The normalized spacial score (nSPS) is 11.9. The average molecular weight is 647 g/mol. The van der Waals surface area contributed by atoms with Crippen molar-refractivity contribution in [2.45, 2.75) is 6.42 Å². The Morgan fingerprint density at radius 2 is 1.18 bits per heavy atom. The fourth-order valence-corrected chi connectivity index (χ4v) is 6.56.